The third kappa shape index (κ3) is 3.18. The Bertz CT molecular complexity index is 386. The van der Waals surface area contributed by atoms with Gasteiger partial charge in [-0.2, -0.15) is 0 Å². The molecule has 17 heavy (non-hydrogen) atoms. The van der Waals surface area contributed by atoms with Crippen molar-refractivity contribution in [3.05, 3.63) is 34.6 Å². The van der Waals surface area contributed by atoms with Crippen LogP contribution in [0.25, 0.3) is 0 Å². The summed E-state index contributed by atoms with van der Waals surface area (Å²) in [5.74, 6) is -0.382. The molecule has 2 rings (SSSR count). The molecule has 0 aliphatic carbocycles. The number of aliphatic hydroxyl groups excluding tert-OH is 1. The zero-order valence-corrected chi connectivity index (χ0v) is 10.5. The van der Waals surface area contributed by atoms with Crippen molar-refractivity contribution in [3.63, 3.8) is 0 Å². The Morgan fingerprint density at radius 3 is 2.94 bits per heavy atom. The Kier molecular flexibility index (Phi) is 4.37. The number of hydrogen-bond acceptors (Lipinski definition) is 2. The van der Waals surface area contributed by atoms with E-state index in [1.807, 2.05) is 0 Å². The summed E-state index contributed by atoms with van der Waals surface area (Å²) in [6, 6.07) is 5.05. The Balaban J connectivity index is 2.05. The predicted molar refractivity (Wildman–Crippen MR) is 66.5 cm³/mol. The molecule has 1 aliphatic heterocycles. The number of hydrogen-bond donors (Lipinski definition) is 1. The largest absolute Gasteiger partial charge is 0.395 e. The molecule has 0 amide bonds. The molecular weight excluding hydrogens is 241 g/mol. The number of likely N-dealkylation sites (tertiary alicyclic amines) is 1. The molecule has 0 aromatic heterocycles. The highest BCUT2D eigenvalue weighted by molar-refractivity contribution is 6.30. The van der Waals surface area contributed by atoms with Crippen LogP contribution < -0.4 is 0 Å². The van der Waals surface area contributed by atoms with Crippen LogP contribution in [0.3, 0.4) is 0 Å². The van der Waals surface area contributed by atoms with E-state index in [0.717, 1.165) is 31.5 Å². The van der Waals surface area contributed by atoms with Gasteiger partial charge in [0.1, 0.15) is 5.82 Å². The molecule has 4 heteroatoms. The van der Waals surface area contributed by atoms with E-state index in [1.54, 1.807) is 12.1 Å². The summed E-state index contributed by atoms with van der Waals surface area (Å²) in [4.78, 5) is 2.24. The Morgan fingerprint density at radius 1 is 1.41 bits per heavy atom. The summed E-state index contributed by atoms with van der Waals surface area (Å²) in [5.41, 5.74) is 0.997. The van der Waals surface area contributed by atoms with Gasteiger partial charge in [0, 0.05) is 12.6 Å². The molecular formula is C13H17ClFNO. The minimum Gasteiger partial charge on any atom is -0.395 e. The highest BCUT2D eigenvalue weighted by Crippen LogP contribution is 2.22. The summed E-state index contributed by atoms with van der Waals surface area (Å²) in [6.07, 6.45) is 3.36. The van der Waals surface area contributed by atoms with Crippen molar-refractivity contribution < 1.29 is 9.50 Å². The number of aliphatic hydroxyl groups is 1. The first-order chi connectivity index (χ1) is 8.20. The molecule has 1 heterocycles. The Morgan fingerprint density at radius 2 is 2.24 bits per heavy atom. The second-order valence-electron chi connectivity index (χ2n) is 4.55. The SMILES string of the molecule is OCC1CCCCN1Cc1ccc(F)c(Cl)c1. The molecule has 0 bridgehead atoms. The van der Waals surface area contributed by atoms with Gasteiger partial charge in [-0.05, 0) is 37.1 Å². The van der Waals surface area contributed by atoms with Crippen LogP contribution in [0.4, 0.5) is 4.39 Å². The second kappa shape index (κ2) is 5.80. The zero-order chi connectivity index (χ0) is 12.3. The third-order valence-electron chi connectivity index (χ3n) is 3.33. The van der Waals surface area contributed by atoms with E-state index in [1.165, 1.54) is 12.5 Å². The number of halogens is 2. The van der Waals surface area contributed by atoms with Crippen molar-refractivity contribution in [2.45, 2.75) is 31.8 Å². The van der Waals surface area contributed by atoms with Gasteiger partial charge in [0.2, 0.25) is 0 Å². The fourth-order valence-electron chi connectivity index (χ4n) is 2.35. The van der Waals surface area contributed by atoms with Crippen LogP contribution in [-0.4, -0.2) is 29.2 Å². The standard InChI is InChI=1S/C13H17ClFNO/c14-12-7-10(4-5-13(12)15)8-16-6-2-1-3-11(16)9-17/h4-5,7,11,17H,1-3,6,8-9H2. The lowest BCUT2D eigenvalue weighted by molar-refractivity contribution is 0.0841. The number of benzene rings is 1. The van der Waals surface area contributed by atoms with E-state index in [2.05, 4.69) is 4.90 Å². The van der Waals surface area contributed by atoms with Gasteiger partial charge in [-0.25, -0.2) is 4.39 Å². The van der Waals surface area contributed by atoms with Crippen molar-refractivity contribution in [1.29, 1.82) is 0 Å². The maximum atomic E-state index is 13.0. The van der Waals surface area contributed by atoms with Gasteiger partial charge in [0.05, 0.1) is 11.6 Å². The van der Waals surface area contributed by atoms with Gasteiger partial charge in [-0.1, -0.05) is 24.1 Å². The molecule has 94 valence electrons. The quantitative estimate of drug-likeness (QED) is 0.900. The van der Waals surface area contributed by atoms with Crippen LogP contribution in [-0.2, 0) is 6.54 Å². The van der Waals surface area contributed by atoms with Gasteiger partial charge in [-0.15, -0.1) is 0 Å². The molecule has 1 fully saturated rings. The summed E-state index contributed by atoms with van der Waals surface area (Å²) in [7, 11) is 0. The van der Waals surface area contributed by atoms with Gasteiger partial charge < -0.3 is 5.11 Å². The van der Waals surface area contributed by atoms with Crippen molar-refractivity contribution in [3.8, 4) is 0 Å². The van der Waals surface area contributed by atoms with Crippen molar-refractivity contribution >= 4 is 11.6 Å². The van der Waals surface area contributed by atoms with Crippen molar-refractivity contribution in [2.24, 2.45) is 0 Å². The molecule has 1 saturated heterocycles. The highest BCUT2D eigenvalue weighted by Gasteiger charge is 2.21. The Hall–Kier alpha value is -0.640. The van der Waals surface area contributed by atoms with E-state index in [9.17, 15) is 9.50 Å². The number of nitrogens with zero attached hydrogens (tertiary/aromatic N) is 1. The summed E-state index contributed by atoms with van der Waals surface area (Å²) >= 11 is 5.76. The Labute approximate surface area is 106 Å². The molecule has 1 aliphatic rings. The number of rotatable bonds is 3. The monoisotopic (exact) mass is 257 g/mol. The molecule has 0 saturated carbocycles. The van der Waals surface area contributed by atoms with Gasteiger partial charge in [0.25, 0.3) is 0 Å². The first kappa shape index (κ1) is 12.8. The van der Waals surface area contributed by atoms with E-state index in [0.29, 0.717) is 0 Å². The van der Waals surface area contributed by atoms with E-state index < -0.39 is 0 Å². The van der Waals surface area contributed by atoms with Crippen molar-refractivity contribution in [2.75, 3.05) is 13.2 Å². The summed E-state index contributed by atoms with van der Waals surface area (Å²) < 4.78 is 13.0. The summed E-state index contributed by atoms with van der Waals surface area (Å²) in [5, 5.41) is 9.48. The van der Waals surface area contributed by atoms with Gasteiger partial charge >= 0.3 is 0 Å². The van der Waals surface area contributed by atoms with Gasteiger partial charge in [-0.3, -0.25) is 4.90 Å². The van der Waals surface area contributed by atoms with Crippen LogP contribution in [0.5, 0.6) is 0 Å². The van der Waals surface area contributed by atoms with Crippen LogP contribution in [0.1, 0.15) is 24.8 Å². The lowest BCUT2D eigenvalue weighted by Crippen LogP contribution is -2.41. The van der Waals surface area contributed by atoms with E-state index >= 15 is 0 Å². The van der Waals surface area contributed by atoms with Crippen LogP contribution in [0, 0.1) is 5.82 Å². The molecule has 0 radical (unpaired) electrons. The minimum atomic E-state index is -0.382. The van der Waals surface area contributed by atoms with Crippen LogP contribution >= 0.6 is 11.6 Å². The molecule has 2 nitrogen and oxygen atoms in total. The van der Waals surface area contributed by atoms with Crippen LogP contribution in [0.15, 0.2) is 18.2 Å². The molecule has 1 N–H and O–H groups in total. The first-order valence-corrected chi connectivity index (χ1v) is 6.37. The smallest absolute Gasteiger partial charge is 0.141 e. The molecule has 1 aromatic carbocycles. The lowest BCUT2D eigenvalue weighted by Gasteiger charge is -2.34. The average Bonchev–Trinajstić information content (AvgIpc) is 2.34. The topological polar surface area (TPSA) is 23.5 Å². The van der Waals surface area contributed by atoms with Crippen molar-refractivity contribution in [1.82, 2.24) is 4.90 Å². The summed E-state index contributed by atoms with van der Waals surface area (Å²) in [6.45, 7) is 1.90. The first-order valence-electron chi connectivity index (χ1n) is 5.99. The number of piperidine rings is 1. The third-order valence-corrected chi connectivity index (χ3v) is 3.62. The minimum absolute atomic E-state index is 0.167. The normalized spacial score (nSPS) is 21.7. The molecule has 1 atom stereocenters. The fourth-order valence-corrected chi connectivity index (χ4v) is 2.55. The fraction of sp³-hybridized carbons (Fsp3) is 0.538. The maximum absolute atomic E-state index is 13.0. The average molecular weight is 258 g/mol. The highest BCUT2D eigenvalue weighted by atomic mass is 35.5. The lowest BCUT2D eigenvalue weighted by atomic mass is 10.0. The second-order valence-corrected chi connectivity index (χ2v) is 4.96. The van der Waals surface area contributed by atoms with E-state index in [4.69, 9.17) is 11.6 Å². The predicted octanol–water partition coefficient (Wildman–Crippen LogP) is 2.83. The molecule has 1 aromatic rings. The molecule has 1 unspecified atom stereocenters. The van der Waals surface area contributed by atoms with Gasteiger partial charge in [0.15, 0.2) is 0 Å². The molecule has 0 spiro atoms. The zero-order valence-electron chi connectivity index (χ0n) is 9.70. The van der Waals surface area contributed by atoms with Crippen LogP contribution in [0.2, 0.25) is 5.02 Å². The maximum Gasteiger partial charge on any atom is 0.141 e. The van der Waals surface area contributed by atoms with E-state index in [-0.39, 0.29) is 23.5 Å².